The quantitative estimate of drug-likeness (QED) is 0.153. The predicted octanol–water partition coefficient (Wildman–Crippen LogP) is 10.6. The number of hydrogen-bond donors (Lipinski definition) is 2. The summed E-state index contributed by atoms with van der Waals surface area (Å²) in [7, 11) is 0. The summed E-state index contributed by atoms with van der Waals surface area (Å²) in [5.41, 5.74) is -6.88. The molecule has 3 heterocycles. The second-order valence-corrected chi connectivity index (χ2v) is 13.7. The Kier molecular flexibility index (Phi) is 13.4. The molecule has 61 heavy (non-hydrogen) atoms. The fraction of sp³-hybridized carbons (Fsp3) is 0.220. The first-order valence-corrected chi connectivity index (χ1v) is 17.8. The lowest BCUT2D eigenvalue weighted by Gasteiger charge is -2.38. The smallest absolute Gasteiger partial charge is 0.416 e. The number of aliphatic hydroxyl groups is 1. The van der Waals surface area contributed by atoms with Crippen molar-refractivity contribution in [1.82, 2.24) is 14.9 Å². The number of benzene rings is 3. The monoisotopic (exact) mass is 877 g/mol. The highest BCUT2D eigenvalue weighted by Crippen LogP contribution is 2.37. The van der Waals surface area contributed by atoms with E-state index in [9.17, 15) is 63.9 Å². The van der Waals surface area contributed by atoms with Gasteiger partial charge in [-0.2, -0.15) is 36.9 Å². The number of carboxylic acids is 1. The fourth-order valence-corrected chi connectivity index (χ4v) is 6.40. The molecule has 0 saturated carbocycles. The zero-order valence-corrected chi connectivity index (χ0v) is 31.4. The van der Waals surface area contributed by atoms with E-state index in [1.54, 1.807) is 36.4 Å². The summed E-state index contributed by atoms with van der Waals surface area (Å²) in [6.45, 7) is 0.117. The number of hydrogen-bond acceptors (Lipinski definition) is 7. The minimum atomic E-state index is -4.59. The summed E-state index contributed by atoms with van der Waals surface area (Å²) in [5, 5.41) is 39.1. The molecule has 0 unspecified atom stereocenters. The molecule has 0 spiro atoms. The standard InChI is InChI=1S/C26H19ClF5N3O2.C15H7F5N2O2/c27-19-7-5-17(6-8-19)25(37)9-11-35(12-10-25)24(36)20-13-16(14-33)21(34-22(20)23(28)29)15-1-3-18(4-2-15)26(30,31)32;16-13(17)12-10(14(23)24)5-8(6-21)11(22-12)7-1-3-9(4-2-7)15(18,19)20/h1-8,13,23,37H,9-12H2;1-5,13H,(H,23,24). The molecule has 0 bridgehead atoms. The van der Waals surface area contributed by atoms with Gasteiger partial charge in [0.25, 0.3) is 18.8 Å². The summed E-state index contributed by atoms with van der Waals surface area (Å²) in [6.07, 6.45) is -15.3. The van der Waals surface area contributed by atoms with Crippen molar-refractivity contribution < 1.29 is 63.7 Å². The average Bonchev–Trinajstić information content (AvgIpc) is 3.22. The van der Waals surface area contributed by atoms with Crippen LogP contribution in [0.4, 0.5) is 43.9 Å². The Morgan fingerprint density at radius 1 is 0.689 bits per heavy atom. The zero-order chi connectivity index (χ0) is 45.0. The molecule has 1 aliphatic heterocycles. The van der Waals surface area contributed by atoms with Crippen LogP contribution in [0.2, 0.25) is 5.02 Å². The largest absolute Gasteiger partial charge is 0.478 e. The molecular weight excluding hydrogens is 852 g/mol. The molecule has 316 valence electrons. The van der Waals surface area contributed by atoms with Gasteiger partial charge in [0.1, 0.15) is 23.5 Å². The third kappa shape index (κ3) is 10.2. The number of alkyl halides is 10. The van der Waals surface area contributed by atoms with Gasteiger partial charge in [-0.3, -0.25) is 4.79 Å². The Hall–Kier alpha value is -6.57. The van der Waals surface area contributed by atoms with Crippen LogP contribution < -0.4 is 0 Å². The zero-order valence-electron chi connectivity index (χ0n) is 30.7. The molecule has 20 heteroatoms. The number of carboxylic acid groups (broad SMARTS) is 1. The van der Waals surface area contributed by atoms with E-state index < -0.39 is 76.3 Å². The first kappa shape index (κ1) is 45.5. The van der Waals surface area contributed by atoms with Gasteiger partial charge in [0.15, 0.2) is 0 Å². The van der Waals surface area contributed by atoms with Crippen LogP contribution in [0.5, 0.6) is 0 Å². The van der Waals surface area contributed by atoms with E-state index in [4.69, 9.17) is 22.0 Å². The van der Waals surface area contributed by atoms with Gasteiger partial charge in [0, 0.05) is 29.2 Å². The van der Waals surface area contributed by atoms with Gasteiger partial charge in [-0.1, -0.05) is 48.0 Å². The molecule has 1 amide bonds. The molecule has 3 aromatic carbocycles. The van der Waals surface area contributed by atoms with Crippen molar-refractivity contribution in [1.29, 1.82) is 10.5 Å². The van der Waals surface area contributed by atoms with Gasteiger partial charge in [-0.05, 0) is 66.9 Å². The van der Waals surface area contributed by atoms with Crippen LogP contribution in [-0.4, -0.2) is 50.0 Å². The number of amides is 1. The van der Waals surface area contributed by atoms with E-state index in [-0.39, 0.29) is 59.6 Å². The summed E-state index contributed by atoms with van der Waals surface area (Å²) >= 11 is 5.90. The number of pyridine rings is 2. The van der Waals surface area contributed by atoms with Crippen molar-refractivity contribution in [3.05, 3.63) is 140 Å². The number of nitrogens with zero attached hydrogens (tertiary/aromatic N) is 5. The lowest BCUT2D eigenvalue weighted by molar-refractivity contribution is -0.138. The highest BCUT2D eigenvalue weighted by atomic mass is 35.5. The lowest BCUT2D eigenvalue weighted by Crippen LogP contribution is -2.45. The van der Waals surface area contributed by atoms with Gasteiger partial charge < -0.3 is 15.1 Å². The first-order chi connectivity index (χ1) is 28.6. The van der Waals surface area contributed by atoms with Crippen LogP contribution in [0, 0.1) is 22.7 Å². The highest BCUT2D eigenvalue weighted by Gasteiger charge is 2.37. The fourth-order valence-electron chi connectivity index (χ4n) is 6.27. The Labute approximate surface area is 343 Å². The second kappa shape index (κ2) is 18.0. The summed E-state index contributed by atoms with van der Waals surface area (Å²) in [5.74, 6) is -2.47. The maximum atomic E-state index is 14.0. The van der Waals surface area contributed by atoms with Crippen LogP contribution in [0.1, 0.15) is 85.6 Å². The number of carbonyl (C=O) groups excluding carboxylic acids is 1. The number of aromatic nitrogens is 2. The number of piperidine rings is 1. The predicted molar refractivity (Wildman–Crippen MR) is 196 cm³/mol. The molecule has 0 radical (unpaired) electrons. The van der Waals surface area contributed by atoms with Crippen molar-refractivity contribution in [2.75, 3.05) is 13.1 Å². The number of rotatable bonds is 7. The Bertz CT molecular complexity index is 2510. The summed E-state index contributed by atoms with van der Waals surface area (Å²) < 4.78 is 130. The third-order valence-electron chi connectivity index (χ3n) is 9.45. The molecule has 2 N–H and O–H groups in total. The van der Waals surface area contributed by atoms with Gasteiger partial charge in [0.05, 0.1) is 50.4 Å². The maximum Gasteiger partial charge on any atom is 0.416 e. The van der Waals surface area contributed by atoms with Crippen LogP contribution in [0.15, 0.2) is 84.9 Å². The Morgan fingerprint density at radius 3 is 1.44 bits per heavy atom. The molecule has 1 saturated heterocycles. The average molecular weight is 878 g/mol. The Morgan fingerprint density at radius 2 is 1.08 bits per heavy atom. The van der Waals surface area contributed by atoms with Crippen molar-refractivity contribution in [2.24, 2.45) is 0 Å². The first-order valence-electron chi connectivity index (χ1n) is 17.4. The summed E-state index contributed by atoms with van der Waals surface area (Å²) in [6, 6.07) is 18.7. The van der Waals surface area contributed by atoms with E-state index in [0.29, 0.717) is 22.7 Å². The number of nitriles is 2. The van der Waals surface area contributed by atoms with Crippen molar-refractivity contribution >= 4 is 23.5 Å². The molecule has 9 nitrogen and oxygen atoms in total. The van der Waals surface area contributed by atoms with Crippen LogP contribution in [0.25, 0.3) is 22.5 Å². The van der Waals surface area contributed by atoms with E-state index in [0.717, 1.165) is 48.5 Å². The number of likely N-dealkylation sites (tertiary alicyclic amines) is 1. The van der Waals surface area contributed by atoms with Crippen LogP contribution >= 0.6 is 11.6 Å². The lowest BCUT2D eigenvalue weighted by atomic mass is 9.84. The molecule has 0 aliphatic carbocycles. The molecule has 2 aromatic heterocycles. The van der Waals surface area contributed by atoms with Crippen LogP contribution in [-0.2, 0) is 18.0 Å². The van der Waals surface area contributed by atoms with Gasteiger partial charge in [-0.25, -0.2) is 32.3 Å². The highest BCUT2D eigenvalue weighted by molar-refractivity contribution is 6.30. The van der Waals surface area contributed by atoms with Crippen molar-refractivity contribution in [3.63, 3.8) is 0 Å². The van der Waals surface area contributed by atoms with Crippen molar-refractivity contribution in [2.45, 2.75) is 43.6 Å². The number of aromatic carboxylic acids is 1. The minimum Gasteiger partial charge on any atom is -0.478 e. The molecular formula is C41H26ClF10N5O4. The molecule has 1 fully saturated rings. The van der Waals surface area contributed by atoms with E-state index in [1.165, 1.54) is 4.90 Å². The van der Waals surface area contributed by atoms with Gasteiger partial charge >= 0.3 is 18.3 Å². The normalized spacial score (nSPS) is 13.9. The molecule has 1 aliphatic rings. The third-order valence-corrected chi connectivity index (χ3v) is 9.70. The topological polar surface area (TPSA) is 151 Å². The molecule has 6 rings (SSSR count). The van der Waals surface area contributed by atoms with E-state index >= 15 is 0 Å². The molecule has 0 atom stereocenters. The minimum absolute atomic E-state index is 0.0154. The number of halogens is 11. The number of carbonyl (C=O) groups is 2. The molecule has 5 aromatic rings. The van der Waals surface area contributed by atoms with Gasteiger partial charge in [-0.15, -0.1) is 0 Å². The summed E-state index contributed by atoms with van der Waals surface area (Å²) in [4.78, 5) is 32.8. The SMILES string of the molecule is N#Cc1cc(C(=O)N2CCC(O)(c3ccc(Cl)cc3)CC2)c(C(F)F)nc1-c1ccc(C(F)(F)F)cc1.N#Cc1cc(C(=O)O)c(C(F)F)nc1-c1ccc(C(F)(F)F)cc1. The second-order valence-electron chi connectivity index (χ2n) is 13.2. The Balaban J connectivity index is 0.000000254. The van der Waals surface area contributed by atoms with Crippen LogP contribution in [0.3, 0.4) is 0 Å². The van der Waals surface area contributed by atoms with Gasteiger partial charge in [0.2, 0.25) is 0 Å². The van der Waals surface area contributed by atoms with Crippen molar-refractivity contribution in [3.8, 4) is 34.7 Å². The van der Waals surface area contributed by atoms with E-state index in [2.05, 4.69) is 9.97 Å². The maximum absolute atomic E-state index is 14.0. The van der Waals surface area contributed by atoms with E-state index in [1.807, 2.05) is 0 Å².